The fourth-order valence-corrected chi connectivity index (χ4v) is 2.84. The minimum absolute atomic E-state index is 0.0183. The molecule has 0 unspecified atom stereocenters. The average Bonchev–Trinajstić information content (AvgIpc) is 2.62. The van der Waals surface area contributed by atoms with E-state index in [9.17, 15) is 9.59 Å². The fourth-order valence-electron chi connectivity index (χ4n) is 2.41. The van der Waals surface area contributed by atoms with Crippen LogP contribution in [-0.4, -0.2) is 16.9 Å². The largest absolute Gasteiger partial charge is 0.332 e. The van der Waals surface area contributed by atoms with Crippen molar-refractivity contribution in [1.82, 2.24) is 5.32 Å². The van der Waals surface area contributed by atoms with Crippen LogP contribution in [0, 0.1) is 0 Å². The Morgan fingerprint density at radius 2 is 1.70 bits per heavy atom. The van der Waals surface area contributed by atoms with Crippen LogP contribution >= 0.6 is 23.8 Å². The van der Waals surface area contributed by atoms with Crippen LogP contribution in [0.5, 0.6) is 0 Å². The Hall–Kier alpha value is -2.44. The molecule has 3 N–H and O–H groups in total. The minimum Gasteiger partial charge on any atom is -0.332 e. The first-order valence-corrected chi connectivity index (χ1v) is 9.55. The summed E-state index contributed by atoms with van der Waals surface area (Å²) >= 11 is 11.2. The number of benzene rings is 2. The predicted molar refractivity (Wildman–Crippen MR) is 114 cm³/mol. The molecule has 27 heavy (non-hydrogen) atoms. The zero-order valence-corrected chi connectivity index (χ0v) is 16.6. The molecule has 0 saturated heterocycles. The Labute approximate surface area is 169 Å². The number of hydrogen-bond acceptors (Lipinski definition) is 3. The molecule has 0 saturated carbocycles. The Bertz CT molecular complexity index is 826. The minimum atomic E-state index is -0.390. The molecule has 2 amide bonds. The van der Waals surface area contributed by atoms with Crippen LogP contribution in [0.3, 0.4) is 0 Å². The van der Waals surface area contributed by atoms with Gasteiger partial charge in [0.25, 0.3) is 5.91 Å². The highest BCUT2D eigenvalue weighted by Gasteiger charge is 2.11. The topological polar surface area (TPSA) is 70.2 Å². The fraction of sp³-hybridized carbons (Fsp3) is 0.250. The number of rotatable bonds is 7. The number of carbonyl (C=O) groups excluding carboxylic acids is 2. The summed E-state index contributed by atoms with van der Waals surface area (Å²) in [5.41, 5.74) is 1.67. The lowest BCUT2D eigenvalue weighted by Gasteiger charge is -2.12. The van der Waals surface area contributed by atoms with Gasteiger partial charge < -0.3 is 10.6 Å². The Balaban J connectivity index is 1.91. The third kappa shape index (κ3) is 7.00. The second kappa shape index (κ2) is 10.6. The molecule has 0 bridgehead atoms. The molecule has 0 aliphatic rings. The van der Waals surface area contributed by atoms with Crippen molar-refractivity contribution in [3.05, 3.63) is 59.1 Å². The third-order valence-electron chi connectivity index (χ3n) is 3.76. The molecule has 0 radical (unpaired) electrons. The molecule has 0 fully saturated rings. The number of carbonyl (C=O) groups is 2. The molecule has 2 aromatic carbocycles. The van der Waals surface area contributed by atoms with Gasteiger partial charge in [-0.05, 0) is 49.0 Å². The molecular weight excluding hydrogens is 382 g/mol. The zero-order valence-electron chi connectivity index (χ0n) is 15.0. The van der Waals surface area contributed by atoms with Crippen LogP contribution in [0.1, 0.15) is 43.0 Å². The van der Waals surface area contributed by atoms with Crippen LogP contribution in [-0.2, 0) is 4.79 Å². The quantitative estimate of drug-likeness (QED) is 0.450. The molecule has 0 atom stereocenters. The summed E-state index contributed by atoms with van der Waals surface area (Å²) in [7, 11) is 0. The van der Waals surface area contributed by atoms with Crippen molar-refractivity contribution in [2.45, 2.75) is 32.6 Å². The summed E-state index contributed by atoms with van der Waals surface area (Å²) in [6, 6.07) is 13.9. The van der Waals surface area contributed by atoms with Crippen LogP contribution < -0.4 is 16.0 Å². The second-order valence-corrected chi connectivity index (χ2v) is 6.79. The van der Waals surface area contributed by atoms with E-state index >= 15 is 0 Å². The third-order valence-corrected chi connectivity index (χ3v) is 4.29. The first kappa shape index (κ1) is 20.9. The second-order valence-electron chi connectivity index (χ2n) is 5.97. The number of amides is 2. The number of nitrogens with one attached hydrogen (secondary N) is 3. The van der Waals surface area contributed by atoms with Gasteiger partial charge in [0.1, 0.15) is 0 Å². The smallest absolute Gasteiger partial charge is 0.258 e. The van der Waals surface area contributed by atoms with E-state index in [-0.39, 0.29) is 11.0 Å². The Morgan fingerprint density at radius 3 is 2.41 bits per heavy atom. The molecule has 7 heteroatoms. The maximum absolute atomic E-state index is 12.2. The molecule has 0 aliphatic heterocycles. The number of thiocarbonyl (C=S) groups is 1. The normalized spacial score (nSPS) is 10.1. The number of hydrogen-bond donors (Lipinski definition) is 3. The standard InChI is InChI=1S/C20H22ClN3O2S/c1-2-3-4-12-18(25)22-14-8-7-9-15(13-14)23-20(27)24-19(26)16-10-5-6-11-17(16)21/h5-11,13H,2-4,12H2,1H3,(H,22,25)(H2,23,24,26,27). The lowest BCUT2D eigenvalue weighted by atomic mass is 10.2. The summed E-state index contributed by atoms with van der Waals surface area (Å²) in [6.45, 7) is 2.10. The van der Waals surface area contributed by atoms with Gasteiger partial charge in [-0.3, -0.25) is 14.9 Å². The van der Waals surface area contributed by atoms with Crippen molar-refractivity contribution < 1.29 is 9.59 Å². The van der Waals surface area contributed by atoms with E-state index in [0.717, 1.165) is 19.3 Å². The van der Waals surface area contributed by atoms with Crippen LogP contribution in [0.2, 0.25) is 5.02 Å². The summed E-state index contributed by atoms with van der Waals surface area (Å²) in [5, 5.41) is 8.88. The van der Waals surface area contributed by atoms with Crippen molar-refractivity contribution in [3.63, 3.8) is 0 Å². The van der Waals surface area contributed by atoms with Crippen molar-refractivity contribution in [2.24, 2.45) is 0 Å². The molecular formula is C20H22ClN3O2S. The zero-order chi connectivity index (χ0) is 19.6. The highest BCUT2D eigenvalue weighted by Crippen LogP contribution is 2.17. The van der Waals surface area contributed by atoms with Gasteiger partial charge >= 0.3 is 0 Å². The first-order chi connectivity index (χ1) is 13.0. The van der Waals surface area contributed by atoms with Gasteiger partial charge in [-0.2, -0.15) is 0 Å². The monoisotopic (exact) mass is 403 g/mol. The average molecular weight is 404 g/mol. The highest BCUT2D eigenvalue weighted by atomic mass is 35.5. The van der Waals surface area contributed by atoms with Gasteiger partial charge in [0.2, 0.25) is 5.91 Å². The molecule has 5 nitrogen and oxygen atoms in total. The molecule has 0 aliphatic carbocycles. The van der Waals surface area contributed by atoms with E-state index in [1.807, 2.05) is 0 Å². The van der Waals surface area contributed by atoms with E-state index < -0.39 is 5.91 Å². The molecule has 0 heterocycles. The molecule has 2 rings (SSSR count). The summed E-state index contributed by atoms with van der Waals surface area (Å²) in [4.78, 5) is 24.2. The van der Waals surface area contributed by atoms with Gasteiger partial charge in [-0.15, -0.1) is 0 Å². The highest BCUT2D eigenvalue weighted by molar-refractivity contribution is 7.80. The van der Waals surface area contributed by atoms with Crippen LogP contribution in [0.15, 0.2) is 48.5 Å². The van der Waals surface area contributed by atoms with E-state index in [2.05, 4.69) is 22.9 Å². The molecule has 2 aromatic rings. The number of anilines is 2. The number of unbranched alkanes of at least 4 members (excludes halogenated alkanes) is 2. The van der Waals surface area contributed by atoms with Gasteiger partial charge in [0.15, 0.2) is 5.11 Å². The summed E-state index contributed by atoms with van der Waals surface area (Å²) in [6.07, 6.45) is 3.48. The molecule has 142 valence electrons. The SMILES string of the molecule is CCCCCC(=O)Nc1cccc(NC(=S)NC(=O)c2ccccc2Cl)c1. The van der Waals surface area contributed by atoms with Gasteiger partial charge in [-0.1, -0.05) is 49.6 Å². The summed E-state index contributed by atoms with van der Waals surface area (Å²) < 4.78 is 0. The molecule has 0 aromatic heterocycles. The predicted octanol–water partition coefficient (Wildman–Crippen LogP) is 4.99. The van der Waals surface area contributed by atoms with E-state index in [1.54, 1.807) is 48.5 Å². The van der Waals surface area contributed by atoms with E-state index in [0.29, 0.717) is 28.4 Å². The van der Waals surface area contributed by atoms with Gasteiger partial charge in [-0.25, -0.2) is 0 Å². The van der Waals surface area contributed by atoms with Crippen molar-refractivity contribution in [3.8, 4) is 0 Å². The van der Waals surface area contributed by atoms with Crippen LogP contribution in [0.25, 0.3) is 0 Å². The van der Waals surface area contributed by atoms with Gasteiger partial charge in [0, 0.05) is 17.8 Å². The van der Waals surface area contributed by atoms with Crippen LogP contribution in [0.4, 0.5) is 11.4 Å². The Morgan fingerprint density at radius 1 is 1.00 bits per heavy atom. The van der Waals surface area contributed by atoms with E-state index in [4.69, 9.17) is 23.8 Å². The first-order valence-electron chi connectivity index (χ1n) is 8.76. The van der Waals surface area contributed by atoms with Crippen molar-refractivity contribution in [2.75, 3.05) is 10.6 Å². The Kier molecular flexibility index (Phi) is 8.23. The number of halogens is 1. The summed E-state index contributed by atoms with van der Waals surface area (Å²) in [5.74, 6) is -0.409. The lowest BCUT2D eigenvalue weighted by molar-refractivity contribution is -0.116. The van der Waals surface area contributed by atoms with Crippen molar-refractivity contribution >= 4 is 52.1 Å². The van der Waals surface area contributed by atoms with Gasteiger partial charge in [0.05, 0.1) is 10.6 Å². The maximum atomic E-state index is 12.2. The maximum Gasteiger partial charge on any atom is 0.258 e. The van der Waals surface area contributed by atoms with Crippen molar-refractivity contribution in [1.29, 1.82) is 0 Å². The lowest BCUT2D eigenvalue weighted by Crippen LogP contribution is -2.34. The molecule has 0 spiro atoms. The van der Waals surface area contributed by atoms with E-state index in [1.165, 1.54) is 0 Å².